The second-order valence-electron chi connectivity index (χ2n) is 6.37. The quantitative estimate of drug-likeness (QED) is 0.646. The highest BCUT2D eigenvalue weighted by Gasteiger charge is 2.47. The second kappa shape index (κ2) is 7.72. The van der Waals surface area contributed by atoms with Crippen LogP contribution in [-0.4, -0.2) is 37.2 Å². The number of carbonyl (C=O) groups is 2. The van der Waals surface area contributed by atoms with Gasteiger partial charge in [-0.3, -0.25) is 9.59 Å². The van der Waals surface area contributed by atoms with E-state index in [9.17, 15) is 19.1 Å². The van der Waals surface area contributed by atoms with Crippen LogP contribution in [-0.2, 0) is 14.3 Å². The molecular formula is C21H20FNO5. The molecule has 28 heavy (non-hydrogen) atoms. The van der Waals surface area contributed by atoms with Gasteiger partial charge in [-0.15, -0.1) is 0 Å². The first-order valence-corrected chi connectivity index (χ1v) is 8.64. The number of anilines is 1. The summed E-state index contributed by atoms with van der Waals surface area (Å²) in [6.45, 7) is 1.65. The Morgan fingerprint density at radius 3 is 2.54 bits per heavy atom. The summed E-state index contributed by atoms with van der Waals surface area (Å²) in [6.07, 6.45) is 1.42. The molecular weight excluding hydrogens is 365 g/mol. The normalized spacial score (nSPS) is 20.5. The SMILES string of the molecule is COC(=O)C1C(=Cc2cccc(OC)c2O)C(=O)N(c2ccccc2F)C1C. The van der Waals surface area contributed by atoms with Crippen LogP contribution in [0.4, 0.5) is 10.1 Å². The van der Waals surface area contributed by atoms with E-state index in [4.69, 9.17) is 9.47 Å². The summed E-state index contributed by atoms with van der Waals surface area (Å²) < 4.78 is 24.3. The Kier molecular flexibility index (Phi) is 5.35. The highest BCUT2D eigenvalue weighted by Crippen LogP contribution is 2.39. The van der Waals surface area contributed by atoms with Gasteiger partial charge in [0.2, 0.25) is 0 Å². The minimum absolute atomic E-state index is 0.0761. The number of carbonyl (C=O) groups excluding carboxylic acids is 2. The van der Waals surface area contributed by atoms with Gasteiger partial charge >= 0.3 is 5.97 Å². The van der Waals surface area contributed by atoms with Gasteiger partial charge in [0, 0.05) is 11.1 Å². The first-order valence-electron chi connectivity index (χ1n) is 8.64. The first-order chi connectivity index (χ1) is 13.4. The number of halogens is 1. The summed E-state index contributed by atoms with van der Waals surface area (Å²) in [5.74, 6) is -2.60. The average Bonchev–Trinajstić information content (AvgIpc) is 2.93. The maximum Gasteiger partial charge on any atom is 0.315 e. The van der Waals surface area contributed by atoms with Gasteiger partial charge in [0.15, 0.2) is 11.5 Å². The molecule has 2 atom stereocenters. The molecule has 1 aliphatic heterocycles. The van der Waals surface area contributed by atoms with Crippen LogP contribution in [0, 0.1) is 11.7 Å². The van der Waals surface area contributed by atoms with Crippen LogP contribution in [0.3, 0.4) is 0 Å². The zero-order valence-corrected chi connectivity index (χ0v) is 15.7. The van der Waals surface area contributed by atoms with Crippen molar-refractivity contribution < 1.29 is 28.6 Å². The van der Waals surface area contributed by atoms with Gasteiger partial charge in [0.05, 0.1) is 25.9 Å². The maximum absolute atomic E-state index is 14.3. The largest absolute Gasteiger partial charge is 0.504 e. The Hall–Kier alpha value is -3.35. The Bertz CT molecular complexity index is 956. The lowest BCUT2D eigenvalue weighted by atomic mass is 9.94. The number of hydrogen-bond acceptors (Lipinski definition) is 5. The van der Waals surface area contributed by atoms with Crippen molar-refractivity contribution >= 4 is 23.6 Å². The molecule has 0 bridgehead atoms. The molecule has 2 aromatic rings. The fourth-order valence-electron chi connectivity index (χ4n) is 3.43. The number of benzene rings is 2. The molecule has 1 aliphatic rings. The predicted octanol–water partition coefficient (Wildman–Crippen LogP) is 3.15. The van der Waals surface area contributed by atoms with Gasteiger partial charge in [-0.05, 0) is 31.2 Å². The lowest BCUT2D eigenvalue weighted by Crippen LogP contribution is -2.35. The highest BCUT2D eigenvalue weighted by molar-refractivity contribution is 6.15. The van der Waals surface area contributed by atoms with Crippen LogP contribution in [0.2, 0.25) is 0 Å². The smallest absolute Gasteiger partial charge is 0.315 e. The third-order valence-corrected chi connectivity index (χ3v) is 4.82. The summed E-state index contributed by atoms with van der Waals surface area (Å²) in [5, 5.41) is 10.3. The molecule has 1 N–H and O–H groups in total. The molecule has 0 saturated carbocycles. The number of ether oxygens (including phenoxy) is 2. The molecule has 1 heterocycles. The van der Waals surface area contributed by atoms with Crippen molar-refractivity contribution in [1.82, 2.24) is 0 Å². The Balaban J connectivity index is 2.14. The predicted molar refractivity (Wildman–Crippen MR) is 101 cm³/mol. The van der Waals surface area contributed by atoms with E-state index in [1.807, 2.05) is 0 Å². The van der Waals surface area contributed by atoms with Crippen molar-refractivity contribution in [2.45, 2.75) is 13.0 Å². The Morgan fingerprint density at radius 2 is 1.89 bits per heavy atom. The number of esters is 1. The number of para-hydroxylation sites is 2. The molecule has 146 valence electrons. The topological polar surface area (TPSA) is 76.1 Å². The molecule has 0 aromatic heterocycles. The second-order valence-corrected chi connectivity index (χ2v) is 6.37. The van der Waals surface area contributed by atoms with Crippen molar-refractivity contribution in [2.75, 3.05) is 19.1 Å². The van der Waals surface area contributed by atoms with Crippen molar-refractivity contribution in [3.05, 3.63) is 59.4 Å². The van der Waals surface area contributed by atoms with Gasteiger partial charge in [-0.1, -0.05) is 24.3 Å². The zero-order chi connectivity index (χ0) is 20.4. The molecule has 1 saturated heterocycles. The summed E-state index contributed by atoms with van der Waals surface area (Å²) in [5.41, 5.74) is 0.484. The molecule has 0 spiro atoms. The van der Waals surface area contributed by atoms with Crippen LogP contribution in [0.1, 0.15) is 12.5 Å². The van der Waals surface area contributed by atoms with Crippen molar-refractivity contribution in [2.24, 2.45) is 5.92 Å². The van der Waals surface area contributed by atoms with Gasteiger partial charge in [0.1, 0.15) is 11.7 Å². The standard InChI is InChI=1S/C21H20FNO5/c1-12-18(21(26)28-3)14(11-13-7-6-10-17(27-2)19(13)24)20(25)23(12)16-9-5-4-8-15(16)22/h4-12,18,24H,1-3H3. The highest BCUT2D eigenvalue weighted by atomic mass is 19.1. The number of methoxy groups -OCH3 is 2. The molecule has 0 aliphatic carbocycles. The summed E-state index contributed by atoms with van der Waals surface area (Å²) in [4.78, 5) is 26.8. The van der Waals surface area contributed by atoms with Crippen molar-refractivity contribution in [3.63, 3.8) is 0 Å². The number of amides is 1. The first kappa shape index (κ1) is 19.4. The molecule has 0 radical (unpaired) electrons. The lowest BCUT2D eigenvalue weighted by molar-refractivity contribution is -0.144. The van der Waals surface area contributed by atoms with Crippen LogP contribution in [0.15, 0.2) is 48.0 Å². The van der Waals surface area contributed by atoms with Crippen molar-refractivity contribution in [3.8, 4) is 11.5 Å². The Labute approximate surface area is 161 Å². The van der Waals surface area contributed by atoms with E-state index in [1.54, 1.807) is 31.2 Å². The van der Waals surface area contributed by atoms with E-state index in [2.05, 4.69) is 0 Å². The zero-order valence-electron chi connectivity index (χ0n) is 15.7. The average molecular weight is 385 g/mol. The van der Waals surface area contributed by atoms with E-state index < -0.39 is 29.7 Å². The number of hydrogen-bond donors (Lipinski definition) is 1. The van der Waals surface area contributed by atoms with Gasteiger partial charge < -0.3 is 19.5 Å². The molecule has 3 rings (SSSR count). The van der Waals surface area contributed by atoms with Gasteiger partial charge in [-0.2, -0.15) is 0 Å². The summed E-state index contributed by atoms with van der Waals surface area (Å²) in [7, 11) is 2.64. The van der Waals surface area contributed by atoms with Crippen LogP contribution in [0.5, 0.6) is 11.5 Å². The minimum Gasteiger partial charge on any atom is -0.504 e. The fourth-order valence-corrected chi connectivity index (χ4v) is 3.43. The molecule has 2 unspecified atom stereocenters. The van der Waals surface area contributed by atoms with E-state index in [1.165, 1.54) is 43.4 Å². The number of phenolic OH excluding ortho intramolecular Hbond substituents is 1. The molecule has 7 heteroatoms. The maximum atomic E-state index is 14.3. The number of nitrogens with zero attached hydrogens (tertiary/aromatic N) is 1. The fraction of sp³-hybridized carbons (Fsp3) is 0.238. The Morgan fingerprint density at radius 1 is 1.18 bits per heavy atom. The molecule has 6 nitrogen and oxygen atoms in total. The van der Waals surface area contributed by atoms with Gasteiger partial charge in [-0.25, -0.2) is 4.39 Å². The minimum atomic E-state index is -0.942. The van der Waals surface area contributed by atoms with Crippen LogP contribution in [0.25, 0.3) is 6.08 Å². The summed E-state index contributed by atoms with van der Waals surface area (Å²) in [6, 6.07) is 9.99. The molecule has 1 amide bonds. The molecule has 2 aromatic carbocycles. The number of rotatable bonds is 4. The number of phenols is 1. The lowest BCUT2D eigenvalue weighted by Gasteiger charge is -2.23. The number of aromatic hydroxyl groups is 1. The van der Waals surface area contributed by atoms with E-state index >= 15 is 0 Å². The summed E-state index contributed by atoms with van der Waals surface area (Å²) >= 11 is 0. The van der Waals surface area contributed by atoms with Gasteiger partial charge in [0.25, 0.3) is 5.91 Å². The van der Waals surface area contributed by atoms with Crippen LogP contribution >= 0.6 is 0 Å². The van der Waals surface area contributed by atoms with E-state index in [0.717, 1.165) is 0 Å². The van der Waals surface area contributed by atoms with E-state index in [-0.39, 0.29) is 22.8 Å². The third kappa shape index (κ3) is 3.19. The van der Waals surface area contributed by atoms with Crippen LogP contribution < -0.4 is 9.64 Å². The monoisotopic (exact) mass is 385 g/mol. The molecule has 1 fully saturated rings. The third-order valence-electron chi connectivity index (χ3n) is 4.82. The van der Waals surface area contributed by atoms with E-state index in [0.29, 0.717) is 5.56 Å². The van der Waals surface area contributed by atoms with Crippen molar-refractivity contribution in [1.29, 1.82) is 0 Å².